The van der Waals surface area contributed by atoms with Crippen LogP contribution in [0, 0.1) is 0 Å². The van der Waals surface area contributed by atoms with E-state index >= 15 is 0 Å². The van der Waals surface area contributed by atoms with Crippen LogP contribution in [0.25, 0.3) is 0 Å². The van der Waals surface area contributed by atoms with E-state index in [2.05, 4.69) is 4.98 Å². The van der Waals surface area contributed by atoms with Crippen LogP contribution in [0.1, 0.15) is 33.4 Å². The zero-order chi connectivity index (χ0) is 19.1. The molecule has 0 radical (unpaired) electrons. The van der Waals surface area contributed by atoms with Crippen molar-refractivity contribution in [2.75, 3.05) is 6.61 Å². The summed E-state index contributed by atoms with van der Waals surface area (Å²) in [7, 11) is 0. The van der Waals surface area contributed by atoms with Gasteiger partial charge in [0.05, 0.1) is 0 Å². The van der Waals surface area contributed by atoms with Crippen molar-refractivity contribution in [2.45, 2.75) is 57.5 Å². The first-order valence-corrected chi connectivity index (χ1v) is 8.14. The normalized spacial score (nSPS) is 29.3. The number of fused-ring (bicyclic) bond motifs is 1. The van der Waals surface area contributed by atoms with E-state index in [1.54, 1.807) is 13.8 Å². The van der Waals surface area contributed by atoms with Gasteiger partial charge < -0.3 is 18.9 Å². The third-order valence-corrected chi connectivity index (χ3v) is 4.05. The number of aromatic nitrogens is 2. The van der Waals surface area contributed by atoms with Crippen molar-refractivity contribution >= 4 is 11.8 Å². The number of carbonyl (C=O) groups is 2. The van der Waals surface area contributed by atoms with E-state index in [1.165, 1.54) is 23.8 Å². The molecular formula is C16H20N2O8. The molecule has 142 valence electrons. The number of rotatable bonds is 5. The molecule has 2 fully saturated rings. The highest BCUT2D eigenvalue weighted by atomic mass is 16.8. The lowest BCUT2D eigenvalue weighted by atomic mass is 10.1. The Kier molecular flexibility index (Phi) is 4.82. The first-order valence-electron chi connectivity index (χ1n) is 8.14. The first kappa shape index (κ1) is 18.5. The molecule has 2 aliphatic rings. The number of nitrogens with zero attached hydrogens (tertiary/aromatic N) is 1. The summed E-state index contributed by atoms with van der Waals surface area (Å²) in [5.41, 5.74) is -1.18. The van der Waals surface area contributed by atoms with Gasteiger partial charge in [-0.15, -0.1) is 0 Å². The van der Waals surface area contributed by atoms with Gasteiger partial charge in [-0.05, 0) is 20.8 Å². The molecule has 3 rings (SSSR count). The van der Waals surface area contributed by atoms with Crippen LogP contribution in [0.15, 0.2) is 21.9 Å². The van der Waals surface area contributed by atoms with Gasteiger partial charge in [-0.25, -0.2) is 4.79 Å². The maximum absolute atomic E-state index is 12.1. The third-order valence-electron chi connectivity index (χ3n) is 4.05. The number of hydrogen-bond donors (Lipinski definition) is 1. The fourth-order valence-electron chi connectivity index (χ4n) is 3.07. The van der Waals surface area contributed by atoms with Crippen molar-refractivity contribution < 1.29 is 28.5 Å². The molecule has 1 aromatic rings. The van der Waals surface area contributed by atoms with Crippen LogP contribution in [0.2, 0.25) is 0 Å². The number of ketones is 1. The zero-order valence-electron chi connectivity index (χ0n) is 14.6. The van der Waals surface area contributed by atoms with Crippen molar-refractivity contribution in [3.63, 3.8) is 0 Å². The van der Waals surface area contributed by atoms with E-state index < -0.39 is 47.5 Å². The predicted molar refractivity (Wildman–Crippen MR) is 85.3 cm³/mol. The minimum Gasteiger partial charge on any atom is -0.462 e. The second-order valence-corrected chi connectivity index (χ2v) is 6.71. The summed E-state index contributed by atoms with van der Waals surface area (Å²) in [4.78, 5) is 48.1. The highest BCUT2D eigenvalue weighted by Crippen LogP contribution is 2.42. The Balaban J connectivity index is 1.80. The molecule has 0 bridgehead atoms. The van der Waals surface area contributed by atoms with Crippen molar-refractivity contribution in [1.29, 1.82) is 0 Å². The number of Topliss-reactive ketones (excluding diaryl/α,β-unsaturated/α-hetero) is 1. The summed E-state index contributed by atoms with van der Waals surface area (Å²) < 4.78 is 23.7. The largest absolute Gasteiger partial charge is 0.462 e. The van der Waals surface area contributed by atoms with Crippen LogP contribution in [-0.2, 0) is 28.5 Å². The Morgan fingerprint density at radius 2 is 1.96 bits per heavy atom. The van der Waals surface area contributed by atoms with E-state index in [-0.39, 0.29) is 18.8 Å². The Morgan fingerprint density at radius 1 is 1.27 bits per heavy atom. The van der Waals surface area contributed by atoms with Crippen LogP contribution in [0.5, 0.6) is 0 Å². The number of nitrogens with one attached hydrogen (secondary N) is 1. The SMILES string of the molecule is CC(=O)CC(=O)OC[C@H]1O[C@@H](n2ccc(=O)[nH]c2=O)[C@@H]2OC(C)(C)O[C@H]21. The summed E-state index contributed by atoms with van der Waals surface area (Å²) in [6.45, 7) is 4.58. The molecule has 0 aliphatic carbocycles. The van der Waals surface area contributed by atoms with Gasteiger partial charge in [0.25, 0.3) is 5.56 Å². The molecule has 10 nitrogen and oxygen atoms in total. The quantitative estimate of drug-likeness (QED) is 0.543. The third kappa shape index (κ3) is 3.76. The number of hydrogen-bond acceptors (Lipinski definition) is 8. The molecule has 26 heavy (non-hydrogen) atoms. The lowest BCUT2D eigenvalue weighted by molar-refractivity contribution is -0.203. The van der Waals surface area contributed by atoms with Crippen LogP contribution in [-0.4, -0.2) is 52.0 Å². The second-order valence-electron chi connectivity index (χ2n) is 6.71. The van der Waals surface area contributed by atoms with Gasteiger partial charge in [0, 0.05) is 12.3 Å². The molecule has 3 heterocycles. The zero-order valence-corrected chi connectivity index (χ0v) is 14.6. The molecule has 0 aromatic carbocycles. The fraction of sp³-hybridized carbons (Fsp3) is 0.625. The minimum absolute atomic E-state index is 0.151. The maximum Gasteiger partial charge on any atom is 0.330 e. The molecule has 4 atom stereocenters. The second kappa shape index (κ2) is 6.78. The van der Waals surface area contributed by atoms with E-state index in [1.807, 2.05) is 0 Å². The molecule has 0 saturated carbocycles. The fourth-order valence-corrected chi connectivity index (χ4v) is 3.07. The van der Waals surface area contributed by atoms with Gasteiger partial charge in [0.2, 0.25) is 0 Å². The summed E-state index contributed by atoms with van der Waals surface area (Å²) in [5, 5.41) is 0. The van der Waals surface area contributed by atoms with E-state index in [0.29, 0.717) is 0 Å². The molecule has 10 heteroatoms. The van der Waals surface area contributed by atoms with Crippen LogP contribution < -0.4 is 11.2 Å². The smallest absolute Gasteiger partial charge is 0.330 e. The van der Waals surface area contributed by atoms with Crippen LogP contribution in [0.4, 0.5) is 0 Å². The standard InChI is InChI=1S/C16H20N2O8/c1-8(19)6-11(21)23-7-9-12-13(26-16(2,3)25-12)14(24-9)18-5-4-10(20)17-15(18)22/h4-5,9,12-14H,6-7H2,1-3H3,(H,17,20,22)/t9-,12+,13-,14-/m1/s1. The van der Waals surface area contributed by atoms with Crippen LogP contribution in [0.3, 0.4) is 0 Å². The minimum atomic E-state index is -0.912. The number of aromatic amines is 1. The van der Waals surface area contributed by atoms with Gasteiger partial charge in [0.15, 0.2) is 12.0 Å². The topological polar surface area (TPSA) is 126 Å². The Hall–Kier alpha value is -2.30. The average molecular weight is 368 g/mol. The van der Waals surface area contributed by atoms with Gasteiger partial charge >= 0.3 is 11.7 Å². The van der Waals surface area contributed by atoms with Crippen molar-refractivity contribution in [1.82, 2.24) is 9.55 Å². The van der Waals surface area contributed by atoms with E-state index in [4.69, 9.17) is 18.9 Å². The first-order chi connectivity index (χ1) is 12.2. The number of esters is 1. The molecule has 0 unspecified atom stereocenters. The Morgan fingerprint density at radius 3 is 2.62 bits per heavy atom. The lowest BCUT2D eigenvalue weighted by Gasteiger charge is -2.24. The average Bonchev–Trinajstić information content (AvgIpc) is 2.98. The number of H-pyrrole nitrogens is 1. The van der Waals surface area contributed by atoms with E-state index in [9.17, 15) is 19.2 Å². The highest BCUT2D eigenvalue weighted by Gasteiger charge is 2.56. The summed E-state index contributed by atoms with van der Waals surface area (Å²) in [6, 6.07) is 1.20. The molecule has 0 amide bonds. The highest BCUT2D eigenvalue weighted by molar-refractivity contribution is 5.94. The Bertz CT molecular complexity index is 826. The molecular weight excluding hydrogens is 348 g/mol. The van der Waals surface area contributed by atoms with Crippen molar-refractivity contribution in [2.24, 2.45) is 0 Å². The van der Waals surface area contributed by atoms with Crippen LogP contribution >= 0.6 is 0 Å². The maximum atomic E-state index is 12.1. The van der Waals surface area contributed by atoms with Gasteiger partial charge in [-0.2, -0.15) is 0 Å². The monoisotopic (exact) mass is 368 g/mol. The lowest BCUT2D eigenvalue weighted by Crippen LogP contribution is -2.37. The van der Waals surface area contributed by atoms with E-state index in [0.717, 1.165) is 0 Å². The number of carbonyl (C=O) groups excluding carboxylic acids is 2. The molecule has 2 aliphatic heterocycles. The summed E-state index contributed by atoms with van der Waals surface area (Å²) in [6.07, 6.45) is -1.79. The van der Waals surface area contributed by atoms with Gasteiger partial charge in [0.1, 0.15) is 37.1 Å². The molecule has 1 N–H and O–H groups in total. The van der Waals surface area contributed by atoms with Gasteiger partial charge in [-0.3, -0.25) is 23.9 Å². The summed E-state index contributed by atoms with van der Waals surface area (Å²) >= 11 is 0. The van der Waals surface area contributed by atoms with Crippen molar-refractivity contribution in [3.05, 3.63) is 33.1 Å². The molecule has 0 spiro atoms. The van der Waals surface area contributed by atoms with Crippen molar-refractivity contribution in [3.8, 4) is 0 Å². The molecule has 2 saturated heterocycles. The number of ether oxygens (including phenoxy) is 4. The molecule has 1 aromatic heterocycles. The summed E-state index contributed by atoms with van der Waals surface area (Å²) in [5.74, 6) is -1.88. The Labute approximate surface area is 148 Å². The van der Waals surface area contributed by atoms with Gasteiger partial charge in [-0.1, -0.05) is 0 Å². The predicted octanol–water partition coefficient (Wildman–Crippen LogP) is -0.524.